The fourth-order valence-corrected chi connectivity index (χ4v) is 1.17. The van der Waals surface area contributed by atoms with Crippen molar-refractivity contribution in [3.8, 4) is 6.07 Å². The number of hydrogen-bond acceptors (Lipinski definition) is 4. The molecule has 1 rings (SSSR count). The summed E-state index contributed by atoms with van der Waals surface area (Å²) in [6.45, 7) is 7.25. The molecule has 0 aromatic carbocycles. The van der Waals surface area contributed by atoms with E-state index in [1.807, 2.05) is 26.8 Å². The van der Waals surface area contributed by atoms with Crippen molar-refractivity contribution >= 4 is 0 Å². The molecule has 0 unspecified atom stereocenters. The van der Waals surface area contributed by atoms with Crippen LogP contribution in [0.2, 0.25) is 0 Å². The molecule has 0 bridgehead atoms. The zero-order chi connectivity index (χ0) is 11.3. The lowest BCUT2D eigenvalue weighted by atomic mass is 9.91. The summed E-state index contributed by atoms with van der Waals surface area (Å²) in [7, 11) is 0. The standard InChI is InChI=1S/C11H17N3O/c1-9-6-10(14-15-9)7-13-5-4-11(2,3)8-12/h6,13H,4-5,7H2,1-3H3. The lowest BCUT2D eigenvalue weighted by Gasteiger charge is -2.14. The monoisotopic (exact) mass is 207 g/mol. The van der Waals surface area contributed by atoms with Gasteiger partial charge in [-0.05, 0) is 33.7 Å². The van der Waals surface area contributed by atoms with Gasteiger partial charge in [0.05, 0.1) is 17.2 Å². The van der Waals surface area contributed by atoms with Crippen LogP contribution in [0.4, 0.5) is 0 Å². The molecule has 0 saturated heterocycles. The van der Waals surface area contributed by atoms with Crippen molar-refractivity contribution < 1.29 is 4.52 Å². The van der Waals surface area contributed by atoms with Crippen LogP contribution in [0.1, 0.15) is 31.7 Å². The Hall–Kier alpha value is -1.34. The van der Waals surface area contributed by atoms with Gasteiger partial charge in [0.1, 0.15) is 5.76 Å². The highest BCUT2D eigenvalue weighted by molar-refractivity contribution is 5.02. The van der Waals surface area contributed by atoms with E-state index in [0.717, 1.165) is 24.4 Å². The van der Waals surface area contributed by atoms with E-state index in [1.54, 1.807) is 0 Å². The number of rotatable bonds is 5. The van der Waals surface area contributed by atoms with Crippen LogP contribution in [0.5, 0.6) is 0 Å². The highest BCUT2D eigenvalue weighted by Crippen LogP contribution is 2.17. The van der Waals surface area contributed by atoms with E-state index < -0.39 is 0 Å². The van der Waals surface area contributed by atoms with Crippen LogP contribution in [-0.2, 0) is 6.54 Å². The van der Waals surface area contributed by atoms with Crippen LogP contribution in [-0.4, -0.2) is 11.7 Å². The number of hydrogen-bond donors (Lipinski definition) is 1. The molecule has 1 aromatic heterocycles. The average Bonchev–Trinajstić information content (AvgIpc) is 2.59. The zero-order valence-corrected chi connectivity index (χ0v) is 9.50. The molecule has 1 N–H and O–H groups in total. The maximum atomic E-state index is 8.81. The Morgan fingerprint density at radius 3 is 2.87 bits per heavy atom. The summed E-state index contributed by atoms with van der Waals surface area (Å²) in [6.07, 6.45) is 0.834. The molecule has 4 heteroatoms. The van der Waals surface area contributed by atoms with Gasteiger partial charge in [0.15, 0.2) is 0 Å². The fourth-order valence-electron chi connectivity index (χ4n) is 1.17. The van der Waals surface area contributed by atoms with E-state index in [2.05, 4.69) is 16.5 Å². The largest absolute Gasteiger partial charge is 0.361 e. The predicted octanol–water partition coefficient (Wildman–Crippen LogP) is 2.01. The molecule has 0 aliphatic carbocycles. The Kier molecular flexibility index (Phi) is 3.87. The van der Waals surface area contributed by atoms with Crippen molar-refractivity contribution in [2.75, 3.05) is 6.54 Å². The van der Waals surface area contributed by atoms with E-state index in [4.69, 9.17) is 9.78 Å². The van der Waals surface area contributed by atoms with E-state index in [0.29, 0.717) is 6.54 Å². The molecule has 0 saturated carbocycles. The summed E-state index contributed by atoms with van der Waals surface area (Å²) < 4.78 is 4.94. The van der Waals surface area contributed by atoms with Crippen LogP contribution < -0.4 is 5.32 Å². The normalized spacial score (nSPS) is 11.3. The molecule has 0 aliphatic heterocycles. The van der Waals surface area contributed by atoms with Crippen LogP contribution in [0, 0.1) is 23.7 Å². The number of nitriles is 1. The van der Waals surface area contributed by atoms with Crippen LogP contribution >= 0.6 is 0 Å². The summed E-state index contributed by atoms with van der Waals surface area (Å²) in [5, 5.41) is 15.9. The summed E-state index contributed by atoms with van der Waals surface area (Å²) in [6, 6.07) is 4.18. The van der Waals surface area contributed by atoms with Crippen LogP contribution in [0.15, 0.2) is 10.6 Å². The first-order valence-corrected chi connectivity index (χ1v) is 5.08. The third-order valence-corrected chi connectivity index (χ3v) is 2.21. The van der Waals surface area contributed by atoms with E-state index in [-0.39, 0.29) is 5.41 Å². The SMILES string of the molecule is Cc1cc(CNCCC(C)(C)C#N)no1. The van der Waals surface area contributed by atoms with Gasteiger partial charge in [0.2, 0.25) is 0 Å². The summed E-state index contributed by atoms with van der Waals surface area (Å²) >= 11 is 0. The first-order chi connectivity index (χ1) is 7.03. The Morgan fingerprint density at radius 2 is 2.33 bits per heavy atom. The third-order valence-electron chi connectivity index (χ3n) is 2.21. The molecule has 15 heavy (non-hydrogen) atoms. The van der Waals surface area contributed by atoms with Crippen molar-refractivity contribution in [1.29, 1.82) is 5.26 Å². The minimum Gasteiger partial charge on any atom is -0.361 e. The Labute approximate surface area is 90.3 Å². The quantitative estimate of drug-likeness (QED) is 0.750. The van der Waals surface area contributed by atoms with Crippen molar-refractivity contribution in [3.63, 3.8) is 0 Å². The highest BCUT2D eigenvalue weighted by atomic mass is 16.5. The molecule has 1 aromatic rings. The van der Waals surface area contributed by atoms with E-state index in [1.165, 1.54) is 0 Å². The van der Waals surface area contributed by atoms with Crippen LogP contribution in [0.25, 0.3) is 0 Å². The number of aryl methyl sites for hydroxylation is 1. The van der Waals surface area contributed by atoms with Crippen molar-refractivity contribution in [2.24, 2.45) is 5.41 Å². The van der Waals surface area contributed by atoms with Gasteiger partial charge in [-0.25, -0.2) is 0 Å². The molecule has 0 aliphatic rings. The minimum absolute atomic E-state index is 0.257. The van der Waals surface area contributed by atoms with Gasteiger partial charge in [-0.3, -0.25) is 0 Å². The smallest absolute Gasteiger partial charge is 0.133 e. The topological polar surface area (TPSA) is 61.9 Å². The fraction of sp³-hybridized carbons (Fsp3) is 0.636. The lowest BCUT2D eigenvalue weighted by Crippen LogP contribution is -2.21. The summed E-state index contributed by atoms with van der Waals surface area (Å²) in [4.78, 5) is 0. The molecule has 0 atom stereocenters. The Bertz CT molecular complexity index is 349. The van der Waals surface area contributed by atoms with Gasteiger partial charge < -0.3 is 9.84 Å². The molecule has 0 spiro atoms. The molecule has 0 radical (unpaired) electrons. The molecule has 0 fully saturated rings. The van der Waals surface area contributed by atoms with Crippen molar-refractivity contribution in [3.05, 3.63) is 17.5 Å². The lowest BCUT2D eigenvalue weighted by molar-refractivity contribution is 0.385. The Balaban J connectivity index is 2.21. The minimum atomic E-state index is -0.257. The second-order valence-corrected chi connectivity index (χ2v) is 4.35. The summed E-state index contributed by atoms with van der Waals surface area (Å²) in [5.74, 6) is 0.823. The Morgan fingerprint density at radius 1 is 1.60 bits per heavy atom. The molecule has 0 amide bonds. The van der Waals surface area contributed by atoms with Gasteiger partial charge in [-0.2, -0.15) is 5.26 Å². The zero-order valence-electron chi connectivity index (χ0n) is 9.50. The number of nitrogens with one attached hydrogen (secondary N) is 1. The van der Waals surface area contributed by atoms with Gasteiger partial charge in [-0.1, -0.05) is 5.16 Å². The first kappa shape index (κ1) is 11.7. The van der Waals surface area contributed by atoms with Gasteiger partial charge in [0.25, 0.3) is 0 Å². The van der Waals surface area contributed by atoms with Crippen molar-refractivity contribution in [1.82, 2.24) is 10.5 Å². The second-order valence-electron chi connectivity index (χ2n) is 4.35. The molecule has 1 heterocycles. The van der Waals surface area contributed by atoms with E-state index >= 15 is 0 Å². The molecule has 82 valence electrons. The van der Waals surface area contributed by atoms with Gasteiger partial charge >= 0.3 is 0 Å². The van der Waals surface area contributed by atoms with E-state index in [9.17, 15) is 0 Å². The third kappa shape index (κ3) is 4.13. The van der Waals surface area contributed by atoms with Gasteiger partial charge in [-0.15, -0.1) is 0 Å². The molecule has 4 nitrogen and oxygen atoms in total. The predicted molar refractivity (Wildman–Crippen MR) is 57.0 cm³/mol. The number of nitrogens with zero attached hydrogens (tertiary/aromatic N) is 2. The maximum Gasteiger partial charge on any atom is 0.133 e. The molecular weight excluding hydrogens is 190 g/mol. The average molecular weight is 207 g/mol. The van der Waals surface area contributed by atoms with Crippen molar-refractivity contribution in [2.45, 2.75) is 33.7 Å². The summed E-state index contributed by atoms with van der Waals surface area (Å²) in [5.41, 5.74) is 0.648. The van der Waals surface area contributed by atoms with Gasteiger partial charge in [0, 0.05) is 12.6 Å². The number of aromatic nitrogens is 1. The van der Waals surface area contributed by atoms with Crippen LogP contribution in [0.3, 0.4) is 0 Å². The molecular formula is C11H17N3O. The maximum absolute atomic E-state index is 8.81. The second kappa shape index (κ2) is 4.94. The first-order valence-electron chi connectivity index (χ1n) is 5.08. The highest BCUT2D eigenvalue weighted by Gasteiger charge is 2.15.